The highest BCUT2D eigenvalue weighted by atomic mass is 35.5. The Kier molecular flexibility index (Phi) is 11.8. The third-order valence-electron chi connectivity index (χ3n) is 12.2. The largest absolute Gasteiger partial charge is 0.415 e. The van der Waals surface area contributed by atoms with Gasteiger partial charge in [0.15, 0.2) is 5.78 Å². The van der Waals surface area contributed by atoms with Gasteiger partial charge in [-0.15, -0.1) is 0 Å². The maximum absolute atomic E-state index is 15.0. The maximum Gasteiger partial charge on any atom is 0.415 e. The standard InChI is InChI=1S/C48H49ClFNO5/c1-32-10-9-24-47(2)42(39-22-18-34(26-37(52)20-17-32)27-40(39)45(53)29-41-43(49)15-8-16-44(41)50)23-25-48(47,55)31-51(30-33-11-4-3-5-12-33)46(54)56-38-21-19-35-13-6-7-14-36(35)28-38/h3-8,10-16,18-19,21-22,27-28,37,42,52,55H,9,17,20,23-26,29-31H2,1-2H3/t37-,42-,47-,48+/m0/s1. The van der Waals surface area contributed by atoms with Crippen molar-refractivity contribution in [3.8, 4) is 5.75 Å². The number of nitrogens with zero attached hydrogens (tertiary/aromatic N) is 1. The van der Waals surface area contributed by atoms with Gasteiger partial charge in [0.2, 0.25) is 0 Å². The Morgan fingerprint density at radius 2 is 1.68 bits per heavy atom. The fraction of sp³-hybridized carbons (Fsp3) is 0.333. The Morgan fingerprint density at radius 1 is 0.911 bits per heavy atom. The molecular weight excluding hydrogens is 725 g/mol. The molecule has 5 aromatic rings. The zero-order valence-corrected chi connectivity index (χ0v) is 32.8. The number of Topliss-reactive ketones (excluding diaryl/α,β-unsaturated/α-hetero) is 1. The number of carbonyl (C=O) groups is 2. The van der Waals surface area contributed by atoms with Gasteiger partial charge >= 0.3 is 6.09 Å². The van der Waals surface area contributed by atoms with E-state index in [2.05, 4.69) is 19.9 Å². The SMILES string of the molecule is CC1=CCC[C@@]2(C)[C@@H](CC[C@@]2(O)CN(Cc2ccccc2)C(=O)Oc2ccc3ccccc3c2)c2ccc(cc2C(=O)Cc2c(F)cccc2Cl)C[C@@H](O)CC1. The van der Waals surface area contributed by atoms with Gasteiger partial charge in [0.1, 0.15) is 11.6 Å². The predicted octanol–water partition coefficient (Wildman–Crippen LogP) is 10.8. The lowest BCUT2D eigenvalue weighted by Gasteiger charge is -2.46. The number of hydrogen-bond acceptors (Lipinski definition) is 5. The van der Waals surface area contributed by atoms with E-state index in [0.29, 0.717) is 56.3 Å². The average molecular weight is 774 g/mol. The molecule has 0 aliphatic heterocycles. The van der Waals surface area contributed by atoms with Crippen LogP contribution >= 0.6 is 11.6 Å². The number of allylic oxidation sites excluding steroid dienone is 2. The van der Waals surface area contributed by atoms with E-state index < -0.39 is 29.0 Å². The molecule has 5 aromatic carbocycles. The van der Waals surface area contributed by atoms with Gasteiger partial charge in [0, 0.05) is 34.5 Å². The van der Waals surface area contributed by atoms with Gasteiger partial charge < -0.3 is 19.8 Å². The van der Waals surface area contributed by atoms with Crippen LogP contribution in [0.2, 0.25) is 5.02 Å². The van der Waals surface area contributed by atoms with Crippen LogP contribution in [-0.2, 0) is 19.4 Å². The van der Waals surface area contributed by atoms with Gasteiger partial charge in [0.05, 0.1) is 18.2 Å². The van der Waals surface area contributed by atoms with Crippen LogP contribution < -0.4 is 4.74 Å². The summed E-state index contributed by atoms with van der Waals surface area (Å²) >= 11 is 6.41. The Bertz CT molecular complexity index is 2240. The highest BCUT2D eigenvalue weighted by Gasteiger charge is 2.57. The van der Waals surface area contributed by atoms with E-state index in [4.69, 9.17) is 16.3 Å². The summed E-state index contributed by atoms with van der Waals surface area (Å²) in [7, 11) is 0. The first-order valence-corrected chi connectivity index (χ1v) is 19.9. The van der Waals surface area contributed by atoms with Crippen LogP contribution in [0, 0.1) is 11.2 Å². The van der Waals surface area contributed by atoms with Crippen molar-refractivity contribution in [2.24, 2.45) is 5.41 Å². The van der Waals surface area contributed by atoms with E-state index in [9.17, 15) is 19.8 Å². The number of amides is 1. The first-order valence-electron chi connectivity index (χ1n) is 19.6. The fourth-order valence-electron chi connectivity index (χ4n) is 8.90. The third-order valence-corrected chi connectivity index (χ3v) is 12.6. The number of hydrogen-bond donors (Lipinski definition) is 2. The van der Waals surface area contributed by atoms with Gasteiger partial charge in [-0.25, -0.2) is 9.18 Å². The number of aliphatic hydroxyl groups excluding tert-OH is 1. The minimum Gasteiger partial charge on any atom is -0.410 e. The summed E-state index contributed by atoms with van der Waals surface area (Å²) in [5.41, 5.74) is 2.03. The second kappa shape index (κ2) is 16.7. The molecule has 2 N–H and O–H groups in total. The maximum atomic E-state index is 15.0. The molecule has 0 spiro atoms. The number of halogens is 2. The molecule has 0 saturated heterocycles. The Labute approximate surface area is 333 Å². The van der Waals surface area contributed by atoms with Crippen molar-refractivity contribution < 1.29 is 28.9 Å². The van der Waals surface area contributed by atoms with Gasteiger partial charge in [-0.1, -0.05) is 109 Å². The fourth-order valence-corrected chi connectivity index (χ4v) is 9.13. The summed E-state index contributed by atoms with van der Waals surface area (Å²) in [6, 6.07) is 33.2. The van der Waals surface area contributed by atoms with Crippen LogP contribution in [0.5, 0.6) is 5.75 Å². The lowest BCUT2D eigenvalue weighted by molar-refractivity contribution is -0.0802. The zero-order valence-electron chi connectivity index (χ0n) is 32.0. The molecule has 0 aromatic heterocycles. The van der Waals surface area contributed by atoms with Crippen LogP contribution in [0.4, 0.5) is 9.18 Å². The number of carbonyl (C=O) groups excluding carboxylic acids is 2. The van der Waals surface area contributed by atoms with Crippen LogP contribution in [0.1, 0.15) is 90.9 Å². The molecule has 290 valence electrons. The Morgan fingerprint density at radius 3 is 2.46 bits per heavy atom. The summed E-state index contributed by atoms with van der Waals surface area (Å²) in [5.74, 6) is -0.699. The van der Waals surface area contributed by atoms with E-state index in [0.717, 1.165) is 27.5 Å². The van der Waals surface area contributed by atoms with Crippen LogP contribution in [0.3, 0.4) is 0 Å². The first kappa shape index (κ1) is 39.4. The van der Waals surface area contributed by atoms with Gasteiger partial charge in [0.25, 0.3) is 0 Å². The predicted molar refractivity (Wildman–Crippen MR) is 220 cm³/mol. The molecule has 6 nitrogen and oxygen atoms in total. The number of benzene rings is 5. The summed E-state index contributed by atoms with van der Waals surface area (Å²) < 4.78 is 21.1. The van der Waals surface area contributed by atoms with Crippen LogP contribution in [-0.4, -0.2) is 45.2 Å². The van der Waals surface area contributed by atoms with Crippen molar-refractivity contribution in [2.75, 3.05) is 6.54 Å². The summed E-state index contributed by atoms with van der Waals surface area (Å²) in [5, 5.41) is 26.2. The number of fused-ring (bicyclic) bond motifs is 9. The molecular formula is C48H49ClFNO5. The highest BCUT2D eigenvalue weighted by molar-refractivity contribution is 6.31. The van der Waals surface area contributed by atoms with Crippen molar-refractivity contribution in [3.05, 3.63) is 160 Å². The van der Waals surface area contributed by atoms with Crippen molar-refractivity contribution in [1.29, 1.82) is 0 Å². The normalized spacial score (nSPS) is 22.6. The topological polar surface area (TPSA) is 87.1 Å². The highest BCUT2D eigenvalue weighted by Crippen LogP contribution is 2.59. The Balaban J connectivity index is 1.27. The van der Waals surface area contributed by atoms with Crippen molar-refractivity contribution in [1.82, 2.24) is 4.90 Å². The van der Waals surface area contributed by atoms with Gasteiger partial charge in [-0.05, 0) is 116 Å². The molecule has 4 atom stereocenters. The zero-order chi connectivity index (χ0) is 39.5. The molecule has 1 fully saturated rings. The number of ether oxygens (including phenoxy) is 1. The van der Waals surface area contributed by atoms with Gasteiger partial charge in [-0.2, -0.15) is 0 Å². The average Bonchev–Trinajstić information content (AvgIpc) is 3.43. The molecule has 2 bridgehead atoms. The molecule has 56 heavy (non-hydrogen) atoms. The molecule has 0 unspecified atom stereocenters. The summed E-state index contributed by atoms with van der Waals surface area (Å²) in [4.78, 5) is 30.2. The summed E-state index contributed by atoms with van der Waals surface area (Å²) in [6.07, 6.45) is 4.59. The van der Waals surface area contributed by atoms with Crippen molar-refractivity contribution >= 4 is 34.2 Å². The molecule has 1 amide bonds. The number of aliphatic hydroxyl groups is 2. The smallest absolute Gasteiger partial charge is 0.410 e. The number of rotatable bonds is 8. The van der Waals surface area contributed by atoms with E-state index in [1.807, 2.05) is 84.9 Å². The van der Waals surface area contributed by atoms with Crippen molar-refractivity contribution in [2.45, 2.75) is 89.4 Å². The summed E-state index contributed by atoms with van der Waals surface area (Å²) in [6.45, 7) is 4.37. The molecule has 0 heterocycles. The monoisotopic (exact) mass is 773 g/mol. The van der Waals surface area contributed by atoms with Crippen LogP contribution in [0.15, 0.2) is 121 Å². The molecule has 3 aliphatic carbocycles. The van der Waals surface area contributed by atoms with Crippen LogP contribution in [0.25, 0.3) is 10.8 Å². The van der Waals surface area contributed by atoms with Gasteiger partial charge in [-0.3, -0.25) is 4.79 Å². The second-order valence-electron chi connectivity index (χ2n) is 16.0. The quantitative estimate of drug-likeness (QED) is 0.121. The Hall–Kier alpha value is -4.82. The molecule has 3 aliphatic rings. The minimum atomic E-state index is -1.38. The van der Waals surface area contributed by atoms with E-state index in [1.165, 1.54) is 17.7 Å². The molecule has 8 heteroatoms. The lowest BCUT2D eigenvalue weighted by Crippen LogP contribution is -2.54. The lowest BCUT2D eigenvalue weighted by atomic mass is 9.64. The third kappa shape index (κ3) is 8.46. The number of ketones is 1. The van der Waals surface area contributed by atoms with E-state index in [-0.39, 0.29) is 41.8 Å². The molecule has 8 rings (SSSR count). The van der Waals surface area contributed by atoms with E-state index in [1.54, 1.807) is 17.0 Å². The van der Waals surface area contributed by atoms with Crippen molar-refractivity contribution in [3.63, 3.8) is 0 Å². The second-order valence-corrected chi connectivity index (χ2v) is 16.4. The van der Waals surface area contributed by atoms with E-state index >= 15 is 4.39 Å². The molecule has 0 radical (unpaired) electrons. The molecule has 1 saturated carbocycles. The first-order chi connectivity index (χ1) is 26.9. The minimum absolute atomic E-state index is 0.00238.